The molecule has 1 aromatic heterocycles. The molecule has 2 N–H and O–H groups in total. The molecule has 1 atom stereocenters. The number of aromatic nitrogens is 1. The molecule has 112 valence electrons. The second-order valence-corrected chi connectivity index (χ2v) is 4.88. The number of nitrogens with one attached hydrogen (secondary N) is 2. The minimum atomic E-state index is -2.88. The highest BCUT2D eigenvalue weighted by molar-refractivity contribution is 5.84. The van der Waals surface area contributed by atoms with Crippen LogP contribution in [0.5, 0.6) is 0 Å². The fourth-order valence-corrected chi connectivity index (χ4v) is 2.26. The van der Waals surface area contributed by atoms with E-state index in [1.165, 1.54) is 0 Å². The lowest BCUT2D eigenvalue weighted by atomic mass is 10.0. The lowest BCUT2D eigenvalue weighted by Crippen LogP contribution is -2.28. The maximum atomic E-state index is 11.3. The van der Waals surface area contributed by atoms with E-state index in [4.69, 9.17) is 18.4 Å². The van der Waals surface area contributed by atoms with E-state index < -0.39 is 32.6 Å². The van der Waals surface area contributed by atoms with Gasteiger partial charge in [-0.2, -0.15) is 0 Å². The first-order valence-corrected chi connectivity index (χ1v) is 6.52. The van der Waals surface area contributed by atoms with E-state index in [0.29, 0.717) is 4.90 Å². The molecule has 0 bridgehead atoms. The maximum absolute atomic E-state index is 11.3. The Kier molecular flexibility index (Phi) is 1.76. The standard InChI is InChI=1S/C16H21N3O2/c1-19(2)6-5-12-9-17-15-4-3-11(8-14(12)15)7-13-10-21-16(20)18-13/h3-4,8-9,13,17H,5-7,10H2,1-2H3,(H,18,20)/t13-/m0/s1/i1D3,2D3,3D,4D,8D,9D. The number of benzene rings is 1. The predicted molar refractivity (Wildman–Crippen MR) is 82.5 cm³/mol. The second kappa shape index (κ2) is 5.77. The van der Waals surface area contributed by atoms with Gasteiger partial charge in [-0.1, -0.05) is 6.04 Å². The average Bonchev–Trinajstić information content (AvgIpc) is 3.18. The fraction of sp³-hybridized carbons (Fsp3) is 0.438. The van der Waals surface area contributed by atoms with Gasteiger partial charge >= 0.3 is 6.09 Å². The number of carbonyl (C=O) groups is 1. The summed E-state index contributed by atoms with van der Waals surface area (Å²) in [6, 6.07) is -1.07. The van der Waals surface area contributed by atoms with Crippen LogP contribution in [0.4, 0.5) is 4.79 Å². The van der Waals surface area contributed by atoms with Crippen LogP contribution in [0, 0.1) is 0 Å². The van der Waals surface area contributed by atoms with Gasteiger partial charge in [0.05, 0.1) is 11.5 Å². The van der Waals surface area contributed by atoms with E-state index >= 15 is 0 Å². The van der Waals surface area contributed by atoms with Crippen molar-refractivity contribution in [3.63, 3.8) is 0 Å². The Bertz CT molecular complexity index is 1000. The van der Waals surface area contributed by atoms with Crippen molar-refractivity contribution in [2.45, 2.75) is 18.9 Å². The van der Waals surface area contributed by atoms with E-state index in [-0.39, 0.29) is 65.8 Å². The molecule has 3 rings (SSSR count). The van der Waals surface area contributed by atoms with E-state index in [1.54, 1.807) is 0 Å². The number of rotatable bonds is 5. The van der Waals surface area contributed by atoms with Gasteiger partial charge in [0.15, 0.2) is 0 Å². The van der Waals surface area contributed by atoms with Gasteiger partial charge in [0.25, 0.3) is 0 Å². The molecule has 0 radical (unpaired) electrons. The number of ether oxygens (including phenoxy) is 1. The number of amides is 1. The van der Waals surface area contributed by atoms with Gasteiger partial charge in [-0.15, -0.1) is 0 Å². The molecule has 2 aromatic rings. The van der Waals surface area contributed by atoms with E-state index in [1.807, 2.05) is 0 Å². The molecule has 1 saturated heterocycles. The molecule has 2 heterocycles. The van der Waals surface area contributed by atoms with Gasteiger partial charge in [-0.05, 0) is 50.0 Å². The molecule has 1 aromatic carbocycles. The Morgan fingerprint density at radius 1 is 1.52 bits per heavy atom. The Morgan fingerprint density at radius 3 is 3.19 bits per heavy atom. The van der Waals surface area contributed by atoms with Crippen LogP contribution in [0.1, 0.15) is 24.8 Å². The van der Waals surface area contributed by atoms with Gasteiger partial charge in [-0.25, -0.2) is 4.79 Å². The van der Waals surface area contributed by atoms with Crippen LogP contribution in [-0.2, 0) is 17.6 Å². The van der Waals surface area contributed by atoms with E-state index in [0.717, 1.165) is 0 Å². The van der Waals surface area contributed by atoms with Gasteiger partial charge in [0, 0.05) is 31.8 Å². The van der Waals surface area contributed by atoms with Crippen molar-refractivity contribution in [1.29, 1.82) is 0 Å². The van der Waals surface area contributed by atoms with Crippen molar-refractivity contribution in [2.75, 3.05) is 27.1 Å². The highest BCUT2D eigenvalue weighted by Crippen LogP contribution is 2.21. The Balaban J connectivity index is 2.02. The molecule has 0 aliphatic carbocycles. The van der Waals surface area contributed by atoms with Gasteiger partial charge in [0.2, 0.25) is 0 Å². The van der Waals surface area contributed by atoms with Crippen LogP contribution < -0.4 is 5.32 Å². The molecule has 5 nitrogen and oxygen atoms in total. The zero-order chi connectivity index (χ0) is 23.3. The van der Waals surface area contributed by atoms with Crippen molar-refractivity contribution in [3.8, 4) is 0 Å². The van der Waals surface area contributed by atoms with Crippen molar-refractivity contribution in [1.82, 2.24) is 15.2 Å². The number of hydrogen-bond donors (Lipinski definition) is 2. The molecule has 0 saturated carbocycles. The average molecular weight is 297 g/mol. The summed E-state index contributed by atoms with van der Waals surface area (Å²) in [5.41, 5.74) is 0.455. The molecule has 21 heavy (non-hydrogen) atoms. The third-order valence-electron chi connectivity index (χ3n) is 3.28. The summed E-state index contributed by atoms with van der Waals surface area (Å²) in [4.78, 5) is 14.3. The zero-order valence-corrected chi connectivity index (χ0v) is 11.2. The summed E-state index contributed by atoms with van der Waals surface area (Å²) < 4.78 is 83.0. The number of nitrogens with zero attached hydrogens (tertiary/aromatic N) is 1. The number of cyclic esters (lactones) is 1. The summed E-state index contributed by atoms with van der Waals surface area (Å²) in [6.45, 7) is -6.14. The van der Waals surface area contributed by atoms with Crippen LogP contribution in [0.2, 0.25) is 0 Å². The molecule has 1 amide bonds. The summed E-state index contributed by atoms with van der Waals surface area (Å²) in [6.07, 6.45) is -0.886. The highest BCUT2D eigenvalue weighted by atomic mass is 16.6. The van der Waals surface area contributed by atoms with Crippen LogP contribution in [-0.4, -0.2) is 49.1 Å². The molecule has 0 spiro atoms. The summed E-state index contributed by atoms with van der Waals surface area (Å²) in [7, 11) is 0. The maximum Gasteiger partial charge on any atom is 0.407 e. The quantitative estimate of drug-likeness (QED) is 0.886. The smallest absolute Gasteiger partial charge is 0.407 e. The lowest BCUT2D eigenvalue weighted by molar-refractivity contribution is 0.177. The minimum Gasteiger partial charge on any atom is -0.447 e. The number of H-pyrrole nitrogens is 1. The number of alkyl carbamates (subject to hydrolysis) is 1. The van der Waals surface area contributed by atoms with E-state index in [9.17, 15) is 4.79 Å². The molecule has 5 heteroatoms. The molecular formula is C16H21N3O2. The van der Waals surface area contributed by atoms with Crippen LogP contribution in [0.3, 0.4) is 0 Å². The molecule has 1 fully saturated rings. The first kappa shape index (κ1) is 6.40. The van der Waals surface area contributed by atoms with Gasteiger partial charge < -0.3 is 19.9 Å². The molecule has 0 unspecified atom stereocenters. The Labute approximate surface area is 138 Å². The zero-order valence-electron chi connectivity index (χ0n) is 21.2. The van der Waals surface area contributed by atoms with Crippen molar-refractivity contribution < 1.29 is 23.2 Å². The molecule has 1 aliphatic heterocycles. The number of aromatic amines is 1. The SMILES string of the molecule is [2H]c1[nH]c2c([2H])c([2H])c(C[C@H]3COC(=O)N3)c([2H])c2c1CCN(C([2H])([2H])[2H])C([2H])([2H])[2H]. The van der Waals surface area contributed by atoms with Gasteiger partial charge in [-0.3, -0.25) is 0 Å². The summed E-state index contributed by atoms with van der Waals surface area (Å²) in [5, 5.41) is 2.72. The summed E-state index contributed by atoms with van der Waals surface area (Å²) >= 11 is 0. The van der Waals surface area contributed by atoms with Crippen molar-refractivity contribution in [3.05, 3.63) is 35.4 Å². The molecule has 1 aliphatic rings. The third-order valence-corrected chi connectivity index (χ3v) is 3.28. The van der Waals surface area contributed by atoms with E-state index in [2.05, 4.69) is 10.3 Å². The first-order chi connectivity index (χ1) is 14.2. The number of carbonyl (C=O) groups excluding carboxylic acids is 1. The Morgan fingerprint density at radius 2 is 2.43 bits per heavy atom. The fourth-order valence-electron chi connectivity index (χ4n) is 2.26. The Hall–Kier alpha value is -2.01. The monoisotopic (exact) mass is 297 g/mol. The lowest BCUT2D eigenvalue weighted by Gasteiger charge is -2.09. The third kappa shape index (κ3) is 3.19. The topological polar surface area (TPSA) is 57.4 Å². The first-order valence-electron chi connectivity index (χ1n) is 11.5. The second-order valence-electron chi connectivity index (χ2n) is 4.88. The highest BCUT2D eigenvalue weighted by Gasteiger charge is 2.22. The van der Waals surface area contributed by atoms with Crippen molar-refractivity contribution in [2.24, 2.45) is 0 Å². The number of hydrogen-bond acceptors (Lipinski definition) is 3. The molecular weight excluding hydrogens is 266 g/mol. The number of fused-ring (bicyclic) bond motifs is 1. The largest absolute Gasteiger partial charge is 0.447 e. The van der Waals surface area contributed by atoms with Crippen LogP contribution in [0.15, 0.2) is 24.3 Å². The van der Waals surface area contributed by atoms with Crippen molar-refractivity contribution >= 4 is 17.0 Å². The normalized spacial score (nSPS) is 26.3. The number of likely N-dealkylation sites (N-methyl/N-ethyl adjacent to an activating group) is 1. The predicted octanol–water partition coefficient (Wildman–Crippen LogP) is 1.92. The minimum absolute atomic E-state index is 0.0545. The van der Waals surface area contributed by atoms with Crippen LogP contribution >= 0.6 is 0 Å². The summed E-state index contributed by atoms with van der Waals surface area (Å²) in [5.74, 6) is 0. The van der Waals surface area contributed by atoms with Crippen LogP contribution in [0.25, 0.3) is 10.9 Å². The van der Waals surface area contributed by atoms with Gasteiger partial charge in [0.1, 0.15) is 6.61 Å².